The standard InChI is InChI=1S/C27H58N2O5S/c1-4-6-7-8-9-10-11-12-13-14-15-16-17-18-19-21-26(28-31)22-20-23-29(3,5-2)24-27(30)25-35(32,33)34/h26-28,30-31H,4-25H2,1-3H3. The molecule has 3 N–H and O–H groups in total. The number of rotatable bonds is 26. The molecule has 3 unspecified atom stereocenters. The van der Waals surface area contributed by atoms with Crippen molar-refractivity contribution in [1.29, 1.82) is 0 Å². The van der Waals surface area contributed by atoms with Gasteiger partial charge in [0.1, 0.15) is 12.6 Å². The van der Waals surface area contributed by atoms with Gasteiger partial charge in [-0.3, -0.25) is 0 Å². The Balaban J connectivity index is 3.76. The number of likely N-dealkylation sites (N-methyl/N-ethyl adjacent to an activating group) is 1. The summed E-state index contributed by atoms with van der Waals surface area (Å²) in [6.45, 7) is 6.02. The lowest BCUT2D eigenvalue weighted by atomic mass is 10.0. The van der Waals surface area contributed by atoms with Crippen molar-refractivity contribution in [1.82, 2.24) is 5.48 Å². The molecule has 3 atom stereocenters. The molecule has 7 nitrogen and oxygen atoms in total. The topological polar surface area (TPSA) is 110 Å². The molecule has 0 saturated carbocycles. The Kier molecular flexibility index (Phi) is 21.6. The van der Waals surface area contributed by atoms with E-state index in [4.69, 9.17) is 0 Å². The van der Waals surface area contributed by atoms with Crippen LogP contribution in [-0.2, 0) is 10.1 Å². The minimum Gasteiger partial charge on any atom is -0.748 e. The predicted octanol–water partition coefficient (Wildman–Crippen LogP) is 5.75. The number of aliphatic hydroxyl groups excluding tert-OH is 1. The number of unbranched alkanes of at least 4 members (excludes halogenated alkanes) is 14. The van der Waals surface area contributed by atoms with E-state index in [1.807, 2.05) is 14.0 Å². The van der Waals surface area contributed by atoms with Gasteiger partial charge in [0, 0.05) is 6.04 Å². The molecule has 8 heteroatoms. The number of quaternary nitrogens is 1. The molecule has 0 aliphatic heterocycles. The summed E-state index contributed by atoms with van der Waals surface area (Å²) in [6, 6.07) is 0.0641. The van der Waals surface area contributed by atoms with Crippen LogP contribution in [0.15, 0.2) is 0 Å². The van der Waals surface area contributed by atoms with Crippen LogP contribution < -0.4 is 5.48 Å². The summed E-state index contributed by atoms with van der Waals surface area (Å²) in [5, 5.41) is 19.5. The number of nitrogens with one attached hydrogen (secondary N) is 1. The van der Waals surface area contributed by atoms with Crippen LogP contribution in [-0.4, -0.2) is 72.3 Å². The smallest absolute Gasteiger partial charge is 0.116 e. The average Bonchev–Trinajstić information content (AvgIpc) is 2.79. The first-order valence-electron chi connectivity index (χ1n) is 14.5. The molecule has 0 aromatic heterocycles. The normalized spacial score (nSPS) is 15.7. The second kappa shape index (κ2) is 21.8. The van der Waals surface area contributed by atoms with Crippen molar-refractivity contribution in [2.75, 3.05) is 32.4 Å². The van der Waals surface area contributed by atoms with Crippen LogP contribution in [0.1, 0.15) is 129 Å². The highest BCUT2D eigenvalue weighted by atomic mass is 32.2. The monoisotopic (exact) mass is 522 g/mol. The van der Waals surface area contributed by atoms with Gasteiger partial charge >= 0.3 is 0 Å². The Bertz CT molecular complexity index is 576. The fourth-order valence-corrected chi connectivity index (χ4v) is 5.51. The van der Waals surface area contributed by atoms with Crippen molar-refractivity contribution in [2.45, 2.75) is 142 Å². The molecule has 0 aliphatic rings. The molecule has 0 aromatic carbocycles. The van der Waals surface area contributed by atoms with Gasteiger partial charge in [-0.25, -0.2) is 13.9 Å². The predicted molar refractivity (Wildman–Crippen MR) is 145 cm³/mol. The van der Waals surface area contributed by atoms with Crippen LogP contribution in [0.3, 0.4) is 0 Å². The largest absolute Gasteiger partial charge is 0.748 e. The molecule has 212 valence electrons. The third-order valence-corrected chi connectivity index (χ3v) is 8.19. The van der Waals surface area contributed by atoms with E-state index in [-0.39, 0.29) is 12.6 Å². The molecule has 0 amide bonds. The van der Waals surface area contributed by atoms with Crippen LogP contribution in [0.25, 0.3) is 0 Å². The molecule has 0 spiro atoms. The maximum atomic E-state index is 10.9. The molecular formula is C27H58N2O5S. The van der Waals surface area contributed by atoms with E-state index < -0.39 is 22.0 Å². The molecule has 0 rings (SSSR count). The SMILES string of the molecule is CCCCCCCCCCCCCCCCCC(CCC[N+](C)(CC)CC(O)CS(=O)(=O)[O-])NO. The lowest BCUT2D eigenvalue weighted by Crippen LogP contribution is -2.51. The summed E-state index contributed by atoms with van der Waals surface area (Å²) in [4.78, 5) is 0. The maximum Gasteiger partial charge on any atom is 0.116 e. The molecule has 0 bridgehead atoms. The minimum absolute atomic E-state index is 0.0641. The lowest BCUT2D eigenvalue weighted by Gasteiger charge is -2.35. The zero-order valence-corrected chi connectivity index (χ0v) is 24.0. The van der Waals surface area contributed by atoms with E-state index >= 15 is 0 Å². The summed E-state index contributed by atoms with van der Waals surface area (Å²) in [7, 11) is -2.46. The van der Waals surface area contributed by atoms with Crippen LogP contribution in [0.2, 0.25) is 0 Å². The first-order valence-corrected chi connectivity index (χ1v) is 16.1. The van der Waals surface area contributed by atoms with Crippen molar-refractivity contribution in [3.63, 3.8) is 0 Å². The van der Waals surface area contributed by atoms with Crippen molar-refractivity contribution in [3.05, 3.63) is 0 Å². The van der Waals surface area contributed by atoms with E-state index in [0.29, 0.717) is 4.48 Å². The van der Waals surface area contributed by atoms with Gasteiger partial charge in [0.15, 0.2) is 0 Å². The number of aliphatic hydroxyl groups is 1. The zero-order valence-electron chi connectivity index (χ0n) is 23.2. The molecular weight excluding hydrogens is 464 g/mol. The van der Waals surface area contributed by atoms with Crippen LogP contribution >= 0.6 is 0 Å². The Labute approximate surface area is 217 Å². The summed E-state index contributed by atoms with van der Waals surface area (Å²) in [6.07, 6.45) is 21.6. The lowest BCUT2D eigenvalue weighted by molar-refractivity contribution is -0.910. The van der Waals surface area contributed by atoms with Gasteiger partial charge in [-0.1, -0.05) is 103 Å². The van der Waals surface area contributed by atoms with Crippen molar-refractivity contribution < 1.29 is 27.8 Å². The third-order valence-electron chi connectivity index (χ3n) is 7.40. The van der Waals surface area contributed by atoms with Gasteiger partial charge in [0.2, 0.25) is 0 Å². The van der Waals surface area contributed by atoms with Gasteiger partial charge in [-0.2, -0.15) is 0 Å². The Morgan fingerprint density at radius 3 is 1.60 bits per heavy atom. The van der Waals surface area contributed by atoms with Crippen LogP contribution in [0.4, 0.5) is 0 Å². The van der Waals surface area contributed by atoms with Gasteiger partial charge in [-0.05, 0) is 26.2 Å². The minimum atomic E-state index is -4.42. The quantitative estimate of drug-likeness (QED) is 0.0578. The maximum absolute atomic E-state index is 10.9. The van der Waals surface area contributed by atoms with Crippen LogP contribution in [0.5, 0.6) is 0 Å². The summed E-state index contributed by atoms with van der Waals surface area (Å²) < 4.78 is 33.2. The van der Waals surface area contributed by atoms with E-state index in [2.05, 4.69) is 12.4 Å². The van der Waals surface area contributed by atoms with E-state index in [9.17, 15) is 23.3 Å². The van der Waals surface area contributed by atoms with Gasteiger partial charge in [0.05, 0.1) is 36.0 Å². The van der Waals surface area contributed by atoms with Crippen molar-refractivity contribution >= 4 is 10.1 Å². The fourth-order valence-electron chi connectivity index (χ4n) is 4.93. The molecule has 0 aliphatic carbocycles. The van der Waals surface area contributed by atoms with Crippen LogP contribution in [0, 0.1) is 0 Å². The van der Waals surface area contributed by atoms with Crippen molar-refractivity contribution in [2.24, 2.45) is 0 Å². The zero-order chi connectivity index (χ0) is 26.4. The van der Waals surface area contributed by atoms with Crippen molar-refractivity contribution in [3.8, 4) is 0 Å². The fraction of sp³-hybridized carbons (Fsp3) is 1.00. The molecule has 0 saturated heterocycles. The summed E-state index contributed by atoms with van der Waals surface area (Å²) in [5.41, 5.74) is 2.45. The van der Waals surface area contributed by atoms with Gasteiger partial charge in [-0.15, -0.1) is 0 Å². The molecule has 0 heterocycles. The number of hydrogen-bond acceptors (Lipinski definition) is 6. The average molecular weight is 523 g/mol. The van der Waals surface area contributed by atoms with E-state index in [1.165, 1.54) is 89.9 Å². The highest BCUT2D eigenvalue weighted by molar-refractivity contribution is 7.85. The second-order valence-electron chi connectivity index (χ2n) is 10.9. The van der Waals surface area contributed by atoms with Gasteiger partial charge < -0.3 is 19.3 Å². The van der Waals surface area contributed by atoms with Gasteiger partial charge in [0.25, 0.3) is 0 Å². The first kappa shape index (κ1) is 34.8. The number of hydrogen-bond donors (Lipinski definition) is 3. The summed E-state index contributed by atoms with van der Waals surface area (Å²) in [5.74, 6) is -0.735. The molecule has 0 fully saturated rings. The molecule has 0 radical (unpaired) electrons. The first-order chi connectivity index (χ1) is 16.7. The third kappa shape index (κ3) is 22.7. The molecule has 35 heavy (non-hydrogen) atoms. The molecule has 0 aromatic rings. The Hall–Kier alpha value is -0.250. The highest BCUT2D eigenvalue weighted by Gasteiger charge is 2.25. The number of hydroxylamine groups is 1. The second-order valence-corrected chi connectivity index (χ2v) is 12.4. The highest BCUT2D eigenvalue weighted by Crippen LogP contribution is 2.16. The Morgan fingerprint density at radius 2 is 1.20 bits per heavy atom. The van der Waals surface area contributed by atoms with E-state index in [0.717, 1.165) is 38.8 Å². The number of nitrogens with zero attached hydrogens (tertiary/aromatic N) is 1. The Morgan fingerprint density at radius 1 is 0.771 bits per heavy atom. The summed E-state index contributed by atoms with van der Waals surface area (Å²) >= 11 is 0. The van der Waals surface area contributed by atoms with E-state index in [1.54, 1.807) is 0 Å².